The van der Waals surface area contributed by atoms with Crippen LogP contribution in [0, 0.1) is 17.8 Å². The highest BCUT2D eigenvalue weighted by Crippen LogP contribution is 2.27. The number of carbonyl (C=O) groups excluding carboxylic acids is 1. The number of fused-ring (bicyclic) bond motifs is 1. The number of amides is 1. The molecule has 0 fully saturated rings. The van der Waals surface area contributed by atoms with Crippen molar-refractivity contribution in [2.45, 2.75) is 26.0 Å². The largest absolute Gasteiger partial charge is 0.472 e. The molecule has 0 unspecified atom stereocenters. The number of aliphatic hydroxyl groups is 1. The number of hydrogen-bond donors (Lipinski definition) is 1. The van der Waals surface area contributed by atoms with E-state index in [1.54, 1.807) is 24.3 Å². The van der Waals surface area contributed by atoms with Crippen molar-refractivity contribution < 1.29 is 19.4 Å². The first kappa shape index (κ1) is 21.2. The Kier molecular flexibility index (Phi) is 7.60. The minimum Gasteiger partial charge on any atom is -0.472 e. The number of aliphatic hydroxyl groups excluding tert-OH is 1. The molecule has 0 spiro atoms. The number of ether oxygens (including phenoxy) is 2. The second-order valence-electron chi connectivity index (χ2n) is 7.20. The van der Waals surface area contributed by atoms with Gasteiger partial charge in [-0.15, -0.1) is 0 Å². The van der Waals surface area contributed by atoms with Gasteiger partial charge in [-0.05, 0) is 27.1 Å². The van der Waals surface area contributed by atoms with Crippen molar-refractivity contribution in [2.24, 2.45) is 5.92 Å². The Hall–Kier alpha value is -2.14. The molecule has 7 heteroatoms. The van der Waals surface area contributed by atoms with Crippen LogP contribution in [0.5, 0.6) is 5.88 Å². The number of pyridine rings is 1. The van der Waals surface area contributed by atoms with Crippen LogP contribution in [-0.2, 0) is 4.74 Å². The standard InChI is InChI=1S/C20H29N3O4/c1-14-11-23(15(2)13-24)20(25)17-9-16(7-6-8-26-5)10-21-19(17)27-18(14)12-22(3)4/h9-10,14-15,18,24H,8,11-13H2,1-5H3/t14-,15-,18-/m1/s1. The lowest BCUT2D eigenvalue weighted by atomic mass is 10.00. The van der Waals surface area contributed by atoms with E-state index in [-0.39, 0.29) is 30.6 Å². The zero-order valence-electron chi connectivity index (χ0n) is 16.7. The van der Waals surface area contributed by atoms with Crippen LogP contribution in [0.3, 0.4) is 0 Å². The van der Waals surface area contributed by atoms with E-state index in [4.69, 9.17) is 9.47 Å². The van der Waals surface area contributed by atoms with E-state index in [1.807, 2.05) is 27.9 Å². The van der Waals surface area contributed by atoms with Gasteiger partial charge in [0.1, 0.15) is 18.3 Å². The smallest absolute Gasteiger partial charge is 0.259 e. The van der Waals surface area contributed by atoms with Crippen LogP contribution < -0.4 is 4.74 Å². The Morgan fingerprint density at radius 1 is 1.52 bits per heavy atom. The second-order valence-corrected chi connectivity index (χ2v) is 7.20. The van der Waals surface area contributed by atoms with Crippen molar-refractivity contribution in [3.8, 4) is 17.7 Å². The Balaban J connectivity index is 2.46. The van der Waals surface area contributed by atoms with Crippen LogP contribution >= 0.6 is 0 Å². The average molecular weight is 375 g/mol. The van der Waals surface area contributed by atoms with Crippen molar-refractivity contribution in [2.75, 3.05) is 47.5 Å². The number of methoxy groups -OCH3 is 1. The molecule has 3 atom stereocenters. The highest BCUT2D eigenvalue weighted by atomic mass is 16.5. The summed E-state index contributed by atoms with van der Waals surface area (Å²) in [5.74, 6) is 6.00. The van der Waals surface area contributed by atoms with Gasteiger partial charge >= 0.3 is 0 Å². The summed E-state index contributed by atoms with van der Waals surface area (Å²) in [6.07, 6.45) is 1.48. The summed E-state index contributed by atoms with van der Waals surface area (Å²) in [6.45, 7) is 5.29. The summed E-state index contributed by atoms with van der Waals surface area (Å²) in [7, 11) is 5.54. The molecule has 0 saturated heterocycles. The molecule has 2 heterocycles. The molecule has 1 aliphatic heterocycles. The van der Waals surface area contributed by atoms with Crippen LogP contribution in [0.2, 0.25) is 0 Å². The van der Waals surface area contributed by atoms with Gasteiger partial charge < -0.3 is 24.4 Å². The van der Waals surface area contributed by atoms with Gasteiger partial charge in [-0.2, -0.15) is 0 Å². The number of aromatic nitrogens is 1. The Morgan fingerprint density at radius 2 is 2.26 bits per heavy atom. The SMILES string of the molecule is COCC#Cc1cnc2c(c1)C(=O)N([C@H](C)CO)C[C@@H](C)[C@@H](CN(C)C)O2. The molecule has 1 aromatic rings. The zero-order chi connectivity index (χ0) is 20.0. The fraction of sp³-hybridized carbons (Fsp3) is 0.600. The molecule has 0 radical (unpaired) electrons. The summed E-state index contributed by atoms with van der Waals surface area (Å²) in [5, 5.41) is 9.63. The highest BCUT2D eigenvalue weighted by Gasteiger charge is 2.33. The van der Waals surface area contributed by atoms with Gasteiger partial charge in [0.15, 0.2) is 0 Å². The topological polar surface area (TPSA) is 75.1 Å². The molecule has 27 heavy (non-hydrogen) atoms. The van der Waals surface area contributed by atoms with Crippen molar-refractivity contribution in [3.63, 3.8) is 0 Å². The number of hydrogen-bond acceptors (Lipinski definition) is 6. The van der Waals surface area contributed by atoms with Crippen molar-refractivity contribution in [1.29, 1.82) is 0 Å². The predicted octanol–water partition coefficient (Wildman–Crippen LogP) is 0.861. The first-order chi connectivity index (χ1) is 12.9. The molecule has 1 amide bonds. The van der Waals surface area contributed by atoms with E-state index >= 15 is 0 Å². The summed E-state index contributed by atoms with van der Waals surface area (Å²) in [4.78, 5) is 21.3. The van der Waals surface area contributed by atoms with Crippen molar-refractivity contribution in [3.05, 3.63) is 23.4 Å². The monoisotopic (exact) mass is 375 g/mol. The van der Waals surface area contributed by atoms with Crippen LogP contribution in [0.1, 0.15) is 29.8 Å². The maximum atomic E-state index is 13.2. The minimum atomic E-state index is -0.297. The van der Waals surface area contributed by atoms with E-state index in [1.165, 1.54) is 0 Å². The third kappa shape index (κ3) is 5.42. The van der Waals surface area contributed by atoms with Gasteiger partial charge in [0.05, 0.1) is 12.6 Å². The maximum absolute atomic E-state index is 13.2. The van der Waals surface area contributed by atoms with Gasteiger partial charge in [0, 0.05) is 37.9 Å². The summed E-state index contributed by atoms with van der Waals surface area (Å²) in [6, 6.07) is 1.40. The van der Waals surface area contributed by atoms with Gasteiger partial charge in [0.2, 0.25) is 5.88 Å². The first-order valence-corrected chi connectivity index (χ1v) is 9.08. The second kappa shape index (κ2) is 9.70. The van der Waals surface area contributed by atoms with E-state index in [2.05, 4.69) is 21.7 Å². The quantitative estimate of drug-likeness (QED) is 0.770. The van der Waals surface area contributed by atoms with Crippen LogP contribution in [0.25, 0.3) is 0 Å². The molecule has 2 rings (SSSR count). The van der Waals surface area contributed by atoms with E-state index in [9.17, 15) is 9.90 Å². The Bertz CT molecular complexity index is 711. The fourth-order valence-corrected chi connectivity index (χ4v) is 2.96. The highest BCUT2D eigenvalue weighted by molar-refractivity contribution is 5.97. The third-order valence-electron chi connectivity index (χ3n) is 4.52. The average Bonchev–Trinajstić information content (AvgIpc) is 2.64. The normalized spacial score (nSPS) is 20.9. The molecule has 1 aliphatic rings. The number of likely N-dealkylation sites (N-methyl/N-ethyl adjacent to an activating group) is 1. The zero-order valence-corrected chi connectivity index (χ0v) is 16.7. The number of rotatable bonds is 5. The van der Waals surface area contributed by atoms with Gasteiger partial charge in [-0.1, -0.05) is 18.8 Å². The van der Waals surface area contributed by atoms with Gasteiger partial charge in [0.25, 0.3) is 5.91 Å². The molecule has 1 aromatic heterocycles. The van der Waals surface area contributed by atoms with Crippen LogP contribution in [-0.4, -0.2) is 85.5 Å². The van der Waals surface area contributed by atoms with Crippen molar-refractivity contribution in [1.82, 2.24) is 14.8 Å². The third-order valence-corrected chi connectivity index (χ3v) is 4.52. The number of carbonyl (C=O) groups is 1. The molecule has 0 bridgehead atoms. The molecule has 148 valence electrons. The summed E-state index contributed by atoms with van der Waals surface area (Å²) in [5.41, 5.74) is 0.993. The van der Waals surface area contributed by atoms with Gasteiger partial charge in [-0.25, -0.2) is 4.98 Å². The summed E-state index contributed by atoms with van der Waals surface area (Å²) < 4.78 is 11.1. The molecule has 0 saturated carbocycles. The van der Waals surface area contributed by atoms with Crippen LogP contribution in [0.4, 0.5) is 0 Å². The molecule has 1 N–H and O–H groups in total. The van der Waals surface area contributed by atoms with E-state index < -0.39 is 0 Å². The molecule has 0 aliphatic carbocycles. The first-order valence-electron chi connectivity index (χ1n) is 9.08. The Morgan fingerprint density at radius 3 is 2.89 bits per heavy atom. The lowest BCUT2D eigenvalue weighted by molar-refractivity contribution is 0.0348. The fourth-order valence-electron chi connectivity index (χ4n) is 2.96. The van der Waals surface area contributed by atoms with Crippen molar-refractivity contribution >= 4 is 5.91 Å². The molecule has 0 aromatic carbocycles. The predicted molar refractivity (Wildman–Crippen MR) is 103 cm³/mol. The molecular formula is C20H29N3O4. The maximum Gasteiger partial charge on any atom is 0.259 e. The lowest BCUT2D eigenvalue weighted by Crippen LogP contribution is -2.49. The van der Waals surface area contributed by atoms with Crippen LogP contribution in [0.15, 0.2) is 12.3 Å². The molecular weight excluding hydrogens is 346 g/mol. The summed E-state index contributed by atoms with van der Waals surface area (Å²) >= 11 is 0. The minimum absolute atomic E-state index is 0.0847. The number of nitrogens with zero attached hydrogens (tertiary/aromatic N) is 3. The van der Waals surface area contributed by atoms with E-state index in [0.717, 1.165) is 0 Å². The molecule has 7 nitrogen and oxygen atoms in total. The lowest BCUT2D eigenvalue weighted by Gasteiger charge is -2.37. The Labute approximate surface area is 161 Å². The van der Waals surface area contributed by atoms with E-state index in [0.29, 0.717) is 36.7 Å². The van der Waals surface area contributed by atoms with Gasteiger partial charge in [-0.3, -0.25) is 4.79 Å².